The summed E-state index contributed by atoms with van der Waals surface area (Å²) in [6.45, 7) is 4.47. The number of anilines is 1. The number of nitrogens with zero attached hydrogens (tertiary/aromatic N) is 2. The number of nitro groups is 1. The number of benzene rings is 2. The van der Waals surface area contributed by atoms with Crippen LogP contribution < -0.4 is 20.3 Å². The summed E-state index contributed by atoms with van der Waals surface area (Å²) >= 11 is 0. The molecule has 2 N–H and O–H groups in total. The Hall–Kier alpha value is -3.47. The Morgan fingerprint density at radius 2 is 1.78 bits per heavy atom. The van der Waals surface area contributed by atoms with Gasteiger partial charge in [0.1, 0.15) is 12.3 Å². The number of halogens is 3. The van der Waals surface area contributed by atoms with Gasteiger partial charge in [-0.15, -0.1) is 0 Å². The molecule has 0 aliphatic carbocycles. The molecule has 0 aromatic heterocycles. The molecule has 0 unspecified atom stereocenters. The van der Waals surface area contributed by atoms with E-state index >= 15 is 0 Å². The molecule has 0 bridgehead atoms. The molecule has 2 aliphatic heterocycles. The van der Waals surface area contributed by atoms with Crippen LogP contribution in [0.25, 0.3) is 0 Å². The number of hydrogen-bond acceptors (Lipinski definition) is 7. The van der Waals surface area contributed by atoms with E-state index in [0.29, 0.717) is 18.1 Å². The summed E-state index contributed by atoms with van der Waals surface area (Å²) in [4.78, 5) is 13.4. The van der Waals surface area contributed by atoms with E-state index in [9.17, 15) is 23.3 Å². The van der Waals surface area contributed by atoms with E-state index in [2.05, 4.69) is 15.5 Å². The summed E-state index contributed by atoms with van der Waals surface area (Å²) in [7, 11) is 0. The second kappa shape index (κ2) is 11.3. The average molecular weight is 521 g/mol. The van der Waals surface area contributed by atoms with Crippen molar-refractivity contribution in [3.05, 3.63) is 76.1 Å². The van der Waals surface area contributed by atoms with Crippen molar-refractivity contribution in [3.8, 4) is 5.75 Å². The molecular formula is C26H31F3N4O4. The average Bonchev–Trinajstić information content (AvgIpc) is 3.32. The van der Waals surface area contributed by atoms with Crippen LogP contribution in [0.5, 0.6) is 5.75 Å². The van der Waals surface area contributed by atoms with Gasteiger partial charge in [0.25, 0.3) is 0 Å². The molecule has 200 valence electrons. The molecular weight excluding hydrogens is 489 g/mol. The molecule has 2 aliphatic rings. The molecule has 0 atom stereocenters. The lowest BCUT2D eigenvalue weighted by Crippen LogP contribution is -2.50. The van der Waals surface area contributed by atoms with Gasteiger partial charge in [0, 0.05) is 43.9 Å². The van der Waals surface area contributed by atoms with Crippen LogP contribution in [0.1, 0.15) is 37.3 Å². The number of piperidine rings is 1. The van der Waals surface area contributed by atoms with E-state index in [1.807, 2.05) is 13.0 Å². The second-order valence-electron chi connectivity index (χ2n) is 9.62. The molecule has 1 fully saturated rings. The maximum Gasteiger partial charge on any atom is 0.416 e. The zero-order chi connectivity index (χ0) is 26.5. The second-order valence-corrected chi connectivity index (χ2v) is 9.62. The fourth-order valence-corrected chi connectivity index (χ4v) is 4.48. The number of rotatable bonds is 10. The zero-order valence-corrected chi connectivity index (χ0v) is 20.6. The topological polar surface area (TPSA) is 88.9 Å². The smallest absolute Gasteiger partial charge is 0.416 e. The van der Waals surface area contributed by atoms with Crippen LogP contribution in [0, 0.1) is 16.0 Å². The van der Waals surface area contributed by atoms with Crippen molar-refractivity contribution < 1.29 is 27.6 Å². The Morgan fingerprint density at radius 1 is 1.11 bits per heavy atom. The summed E-state index contributed by atoms with van der Waals surface area (Å²) in [5, 5.41) is 17.9. The number of hydrogen-bond donors (Lipinski definition) is 2. The van der Waals surface area contributed by atoms with Gasteiger partial charge in [0.15, 0.2) is 5.75 Å². The Balaban J connectivity index is 1.22. The summed E-state index contributed by atoms with van der Waals surface area (Å²) in [5.41, 5.74) is 0.252. The van der Waals surface area contributed by atoms with Crippen molar-refractivity contribution in [1.29, 1.82) is 0 Å². The first-order valence-corrected chi connectivity index (χ1v) is 12.2. The first kappa shape index (κ1) is 26.6. The summed E-state index contributed by atoms with van der Waals surface area (Å²) in [6, 6.07) is 10.1. The molecule has 2 aromatic rings. The fourth-order valence-electron chi connectivity index (χ4n) is 4.48. The largest absolute Gasteiger partial charge is 0.482 e. The van der Waals surface area contributed by atoms with E-state index in [-0.39, 0.29) is 24.7 Å². The van der Waals surface area contributed by atoms with Crippen LogP contribution in [-0.2, 0) is 17.5 Å². The van der Waals surface area contributed by atoms with Gasteiger partial charge in [-0.1, -0.05) is 12.1 Å². The van der Waals surface area contributed by atoms with Crippen LogP contribution in [0.4, 0.5) is 24.5 Å². The van der Waals surface area contributed by atoms with Gasteiger partial charge in [-0.05, 0) is 61.9 Å². The maximum atomic E-state index is 12.7. The van der Waals surface area contributed by atoms with Crippen LogP contribution in [0.2, 0.25) is 0 Å². The Kier molecular flexibility index (Phi) is 8.11. The molecule has 0 saturated carbocycles. The number of alkyl halides is 3. The van der Waals surface area contributed by atoms with Crippen molar-refractivity contribution in [2.24, 2.45) is 5.92 Å². The lowest BCUT2D eigenvalue weighted by Gasteiger charge is -2.33. The minimum absolute atomic E-state index is 0.0640. The van der Waals surface area contributed by atoms with Gasteiger partial charge >= 0.3 is 11.9 Å². The maximum absolute atomic E-state index is 12.7. The van der Waals surface area contributed by atoms with Crippen molar-refractivity contribution in [2.45, 2.75) is 44.6 Å². The van der Waals surface area contributed by atoms with Gasteiger partial charge in [-0.25, -0.2) is 0 Å². The highest BCUT2D eigenvalue weighted by molar-refractivity contribution is 5.60. The zero-order valence-electron chi connectivity index (χ0n) is 20.6. The molecule has 11 heteroatoms. The SMILES string of the molecule is CC1(COc2ccc(N3CCC(CCOCc4ccc(C(F)(F)F)cc4)CC3)cc2[N+](=O)[O-])NC=CN1. The van der Waals surface area contributed by atoms with Crippen molar-refractivity contribution in [1.82, 2.24) is 10.6 Å². The van der Waals surface area contributed by atoms with Crippen molar-refractivity contribution >= 4 is 11.4 Å². The summed E-state index contributed by atoms with van der Waals surface area (Å²) in [5.74, 6) is 0.688. The monoisotopic (exact) mass is 520 g/mol. The third-order valence-corrected chi connectivity index (χ3v) is 6.74. The van der Waals surface area contributed by atoms with E-state index < -0.39 is 22.3 Å². The molecule has 1 saturated heterocycles. The molecule has 37 heavy (non-hydrogen) atoms. The van der Waals surface area contributed by atoms with Gasteiger partial charge in [0.2, 0.25) is 0 Å². The minimum atomic E-state index is -4.34. The predicted octanol–water partition coefficient (Wildman–Crippen LogP) is 5.20. The predicted molar refractivity (Wildman–Crippen MR) is 133 cm³/mol. The van der Waals surface area contributed by atoms with E-state index in [1.165, 1.54) is 12.1 Å². The van der Waals surface area contributed by atoms with Gasteiger partial charge < -0.3 is 25.0 Å². The van der Waals surface area contributed by atoms with Gasteiger partial charge in [-0.2, -0.15) is 13.2 Å². The third kappa shape index (κ3) is 7.06. The van der Waals surface area contributed by atoms with Gasteiger partial charge in [-0.3, -0.25) is 10.1 Å². The standard InChI is InChI=1S/C26H31F3N4O4/c1-25(30-11-12-31-25)18-37-24-7-6-22(16-23(24)33(34)35)32-13-8-19(9-14-32)10-15-36-17-20-2-4-21(5-3-20)26(27,28)29/h2-7,11-12,16,19,30-31H,8-10,13-15,17-18H2,1H3. The molecule has 2 aromatic carbocycles. The Morgan fingerprint density at radius 3 is 2.41 bits per heavy atom. The molecule has 2 heterocycles. The van der Waals surface area contributed by atoms with Crippen molar-refractivity contribution in [2.75, 3.05) is 31.2 Å². The normalized spacial score (nSPS) is 17.4. The van der Waals surface area contributed by atoms with Gasteiger partial charge in [0.05, 0.1) is 17.1 Å². The Bertz CT molecular complexity index is 1090. The lowest BCUT2D eigenvalue weighted by atomic mass is 9.93. The summed E-state index contributed by atoms with van der Waals surface area (Å²) in [6.07, 6.45) is 1.90. The van der Waals surface area contributed by atoms with E-state index in [4.69, 9.17) is 9.47 Å². The van der Waals surface area contributed by atoms with Crippen LogP contribution >= 0.6 is 0 Å². The highest BCUT2D eigenvalue weighted by atomic mass is 19.4. The number of ether oxygens (including phenoxy) is 2. The van der Waals surface area contributed by atoms with E-state index in [1.54, 1.807) is 24.5 Å². The quantitative estimate of drug-likeness (QED) is 0.253. The molecule has 0 spiro atoms. The number of nitro benzene ring substituents is 1. The highest BCUT2D eigenvalue weighted by Gasteiger charge is 2.30. The molecule has 4 rings (SSSR count). The highest BCUT2D eigenvalue weighted by Crippen LogP contribution is 2.34. The first-order chi connectivity index (χ1) is 17.6. The minimum Gasteiger partial charge on any atom is -0.482 e. The van der Waals surface area contributed by atoms with E-state index in [0.717, 1.165) is 50.2 Å². The van der Waals surface area contributed by atoms with Crippen LogP contribution in [0.15, 0.2) is 54.9 Å². The van der Waals surface area contributed by atoms with Crippen molar-refractivity contribution in [3.63, 3.8) is 0 Å². The fraction of sp³-hybridized carbons (Fsp3) is 0.462. The first-order valence-electron chi connectivity index (χ1n) is 12.2. The third-order valence-electron chi connectivity index (χ3n) is 6.74. The Labute approximate surface area is 213 Å². The number of nitrogens with one attached hydrogen (secondary N) is 2. The summed E-state index contributed by atoms with van der Waals surface area (Å²) < 4.78 is 49.4. The van der Waals surface area contributed by atoms with Crippen LogP contribution in [-0.4, -0.2) is 36.9 Å². The lowest BCUT2D eigenvalue weighted by molar-refractivity contribution is -0.385. The molecule has 0 radical (unpaired) electrons. The van der Waals surface area contributed by atoms with Crippen LogP contribution in [0.3, 0.4) is 0 Å². The molecule has 8 nitrogen and oxygen atoms in total. The molecule has 0 amide bonds.